The molecular formula is C23H37O4P. The molecule has 0 saturated heterocycles. The molecule has 0 amide bonds. The van der Waals surface area contributed by atoms with Crippen LogP contribution in [0.1, 0.15) is 71.8 Å². The second kappa shape index (κ2) is 11.3. The number of hydrogen-bond acceptors (Lipinski definition) is 4. The Morgan fingerprint density at radius 2 is 1.64 bits per heavy atom. The molecule has 1 fully saturated rings. The summed E-state index contributed by atoms with van der Waals surface area (Å²) in [5.74, 6) is 0.329. The van der Waals surface area contributed by atoms with E-state index in [9.17, 15) is 9.67 Å². The first-order chi connectivity index (χ1) is 13.3. The molecule has 1 aromatic rings. The van der Waals surface area contributed by atoms with Crippen molar-refractivity contribution in [1.29, 1.82) is 0 Å². The lowest BCUT2D eigenvalue weighted by molar-refractivity contribution is 0.135. The highest BCUT2D eigenvalue weighted by Crippen LogP contribution is 2.60. The van der Waals surface area contributed by atoms with E-state index in [1.807, 2.05) is 64.1 Å². The van der Waals surface area contributed by atoms with Crippen molar-refractivity contribution < 1.29 is 18.7 Å². The fraction of sp³-hybridized carbons (Fsp3) is 0.652. The van der Waals surface area contributed by atoms with Crippen LogP contribution in [0.2, 0.25) is 0 Å². The zero-order chi connectivity index (χ0) is 20.6. The lowest BCUT2D eigenvalue weighted by Gasteiger charge is -2.29. The molecule has 1 saturated carbocycles. The Balaban J connectivity index is 2.27. The highest BCUT2D eigenvalue weighted by Gasteiger charge is 2.37. The highest BCUT2D eigenvalue weighted by molar-refractivity contribution is 7.58. The second-order valence-electron chi connectivity index (χ2n) is 8.34. The van der Waals surface area contributed by atoms with Crippen LogP contribution < -0.4 is 0 Å². The number of aliphatic hydroxyl groups excluding tert-OH is 1. The Bertz CT molecular complexity index is 634. The van der Waals surface area contributed by atoms with Crippen LogP contribution in [0, 0.1) is 5.92 Å². The predicted molar refractivity (Wildman–Crippen MR) is 115 cm³/mol. The fourth-order valence-corrected chi connectivity index (χ4v) is 6.02. The molecule has 4 nitrogen and oxygen atoms in total. The second-order valence-corrected chi connectivity index (χ2v) is 10.3. The first-order valence-electron chi connectivity index (χ1n) is 10.7. The van der Waals surface area contributed by atoms with Crippen LogP contribution in [-0.2, 0) is 20.0 Å². The van der Waals surface area contributed by atoms with Gasteiger partial charge in [0, 0.05) is 0 Å². The van der Waals surface area contributed by atoms with Crippen LogP contribution in [-0.4, -0.2) is 23.4 Å². The van der Waals surface area contributed by atoms with Gasteiger partial charge in [0.25, 0.3) is 0 Å². The Hall–Kier alpha value is -0.930. The van der Waals surface area contributed by atoms with Crippen molar-refractivity contribution in [3.63, 3.8) is 0 Å². The number of hydrogen-bond donors (Lipinski definition) is 1. The van der Waals surface area contributed by atoms with E-state index in [1.54, 1.807) is 0 Å². The minimum Gasteiger partial charge on any atom is -0.388 e. The molecule has 2 rings (SSSR count). The minimum absolute atomic E-state index is 0.249. The smallest absolute Gasteiger partial charge is 0.360 e. The standard InChI is InChI=1S/C23H37O4P/c1-18(2)26-28(25,27-19(3)4)23(17-21-13-9-6-10-14-21)22(24)16-15-20-11-7-5-8-12-20/h5,7-8,11-12,17-19,21-22,24H,6,9-10,13-16H2,1-4H3/b23-17+. The molecule has 0 spiro atoms. The van der Waals surface area contributed by atoms with Gasteiger partial charge in [0.1, 0.15) is 0 Å². The first kappa shape index (κ1) is 23.3. The van der Waals surface area contributed by atoms with Crippen molar-refractivity contribution >= 4 is 7.60 Å². The van der Waals surface area contributed by atoms with Gasteiger partial charge in [-0.25, -0.2) is 0 Å². The lowest BCUT2D eigenvalue weighted by atomic mass is 9.88. The summed E-state index contributed by atoms with van der Waals surface area (Å²) in [7, 11) is -3.57. The maximum atomic E-state index is 13.8. The Morgan fingerprint density at radius 1 is 1.07 bits per heavy atom. The molecule has 28 heavy (non-hydrogen) atoms. The summed E-state index contributed by atoms with van der Waals surface area (Å²) in [6.07, 6.45) is 7.62. The molecule has 1 atom stereocenters. The van der Waals surface area contributed by atoms with Crippen LogP contribution >= 0.6 is 7.60 Å². The zero-order valence-electron chi connectivity index (χ0n) is 17.8. The molecule has 1 unspecified atom stereocenters. The maximum Gasteiger partial charge on any atom is 0.360 e. The van der Waals surface area contributed by atoms with Crippen LogP contribution in [0.3, 0.4) is 0 Å². The van der Waals surface area contributed by atoms with Gasteiger partial charge in [-0.1, -0.05) is 55.7 Å². The van der Waals surface area contributed by atoms with Crippen LogP contribution in [0.4, 0.5) is 0 Å². The van der Waals surface area contributed by atoms with E-state index in [0.717, 1.165) is 18.4 Å². The summed E-state index contributed by atoms with van der Waals surface area (Å²) < 4.78 is 25.4. The molecule has 0 aromatic heterocycles. The SMILES string of the molecule is CC(C)OP(=O)(OC(C)C)/C(=C/C1CCCCC1)C(O)CCc1ccccc1. The van der Waals surface area contributed by atoms with E-state index in [-0.39, 0.29) is 12.2 Å². The van der Waals surface area contributed by atoms with E-state index < -0.39 is 13.7 Å². The van der Waals surface area contributed by atoms with Crippen LogP contribution in [0.15, 0.2) is 41.7 Å². The number of benzene rings is 1. The van der Waals surface area contributed by atoms with Crippen molar-refractivity contribution in [2.75, 3.05) is 0 Å². The van der Waals surface area contributed by atoms with Crippen molar-refractivity contribution in [3.8, 4) is 0 Å². The molecule has 158 valence electrons. The molecule has 1 N–H and O–H groups in total. The van der Waals surface area contributed by atoms with Crippen molar-refractivity contribution in [2.24, 2.45) is 5.92 Å². The Labute approximate surface area is 170 Å². The van der Waals surface area contributed by atoms with Gasteiger partial charge < -0.3 is 14.2 Å². The number of aryl methyl sites for hydroxylation is 1. The summed E-state index contributed by atoms with van der Waals surface area (Å²) in [6, 6.07) is 10.1. The third-order valence-electron chi connectivity index (χ3n) is 4.96. The molecule has 0 bridgehead atoms. The third-order valence-corrected chi connectivity index (χ3v) is 7.44. The van der Waals surface area contributed by atoms with Crippen molar-refractivity contribution in [2.45, 2.75) is 91.0 Å². The fourth-order valence-electron chi connectivity index (χ4n) is 3.72. The maximum absolute atomic E-state index is 13.8. The normalized spacial score (nSPS) is 18.0. The largest absolute Gasteiger partial charge is 0.388 e. The molecule has 0 heterocycles. The van der Waals surface area contributed by atoms with Gasteiger partial charge in [-0.15, -0.1) is 0 Å². The summed E-state index contributed by atoms with van der Waals surface area (Å²) in [6.45, 7) is 7.41. The zero-order valence-corrected chi connectivity index (χ0v) is 18.7. The summed E-state index contributed by atoms with van der Waals surface area (Å²) in [4.78, 5) is 0. The van der Waals surface area contributed by atoms with E-state index in [0.29, 0.717) is 24.1 Å². The highest BCUT2D eigenvalue weighted by atomic mass is 31.2. The van der Waals surface area contributed by atoms with E-state index in [4.69, 9.17) is 9.05 Å². The molecule has 1 aromatic carbocycles. The number of aliphatic hydroxyl groups is 1. The third kappa shape index (κ3) is 7.48. The monoisotopic (exact) mass is 408 g/mol. The first-order valence-corrected chi connectivity index (χ1v) is 12.3. The minimum atomic E-state index is -3.57. The predicted octanol–water partition coefficient (Wildman–Crippen LogP) is 6.49. The quantitative estimate of drug-likeness (QED) is 0.450. The molecule has 0 aliphatic heterocycles. The van der Waals surface area contributed by atoms with Crippen molar-refractivity contribution in [1.82, 2.24) is 0 Å². The van der Waals surface area contributed by atoms with Gasteiger partial charge in [0.15, 0.2) is 0 Å². The summed E-state index contributed by atoms with van der Waals surface area (Å²) in [5, 5.41) is 11.5. The molecular weight excluding hydrogens is 371 g/mol. The van der Waals surface area contributed by atoms with Gasteiger partial charge in [0.2, 0.25) is 0 Å². The topological polar surface area (TPSA) is 55.8 Å². The summed E-state index contributed by atoms with van der Waals surface area (Å²) in [5.41, 5.74) is 1.16. The van der Waals surface area contributed by atoms with Crippen molar-refractivity contribution in [3.05, 3.63) is 47.3 Å². The van der Waals surface area contributed by atoms with Gasteiger partial charge in [-0.2, -0.15) is 0 Å². The van der Waals surface area contributed by atoms with E-state index >= 15 is 0 Å². The molecule has 5 heteroatoms. The molecule has 0 radical (unpaired) electrons. The van der Waals surface area contributed by atoms with E-state index in [1.165, 1.54) is 19.3 Å². The van der Waals surface area contributed by atoms with Crippen LogP contribution in [0.5, 0.6) is 0 Å². The summed E-state index contributed by atoms with van der Waals surface area (Å²) >= 11 is 0. The van der Waals surface area contributed by atoms with Gasteiger partial charge in [0.05, 0.1) is 23.6 Å². The van der Waals surface area contributed by atoms with Gasteiger partial charge in [-0.05, 0) is 64.9 Å². The average molecular weight is 409 g/mol. The van der Waals surface area contributed by atoms with Gasteiger partial charge in [-0.3, -0.25) is 4.57 Å². The number of allylic oxidation sites excluding steroid dienone is 1. The Kier molecular flexibility index (Phi) is 9.43. The number of rotatable bonds is 10. The van der Waals surface area contributed by atoms with Crippen LogP contribution in [0.25, 0.3) is 0 Å². The Morgan fingerprint density at radius 3 is 2.18 bits per heavy atom. The van der Waals surface area contributed by atoms with E-state index in [2.05, 4.69) is 0 Å². The molecule has 1 aliphatic carbocycles. The average Bonchev–Trinajstić information content (AvgIpc) is 2.64. The molecule has 1 aliphatic rings. The lowest BCUT2D eigenvalue weighted by Crippen LogP contribution is -2.19. The van der Waals surface area contributed by atoms with Gasteiger partial charge >= 0.3 is 7.60 Å².